The number of halogens is 1. The molecule has 0 spiro atoms. The standard InChI is InChI=1S/C11H13FN2O2S/c1-8(14)6-17(15,16)7-10-2-9(5-13)3-11(12)4-10/h2-4,8H,6-7,14H2,1H3. The van der Waals surface area contributed by atoms with Crippen molar-refractivity contribution in [3.63, 3.8) is 0 Å². The van der Waals surface area contributed by atoms with E-state index < -0.39 is 21.7 Å². The predicted octanol–water partition coefficient (Wildman–Crippen LogP) is 0.959. The van der Waals surface area contributed by atoms with Gasteiger partial charge >= 0.3 is 0 Å². The number of hydrogen-bond acceptors (Lipinski definition) is 4. The van der Waals surface area contributed by atoms with Gasteiger partial charge in [0.2, 0.25) is 0 Å². The van der Waals surface area contributed by atoms with Gasteiger partial charge < -0.3 is 5.73 Å². The molecule has 0 radical (unpaired) electrons. The van der Waals surface area contributed by atoms with Crippen LogP contribution in [0.3, 0.4) is 0 Å². The summed E-state index contributed by atoms with van der Waals surface area (Å²) >= 11 is 0. The number of nitriles is 1. The zero-order chi connectivity index (χ0) is 13.1. The Morgan fingerprint density at radius 3 is 2.65 bits per heavy atom. The van der Waals surface area contributed by atoms with E-state index in [0.717, 1.165) is 12.1 Å². The van der Waals surface area contributed by atoms with E-state index in [-0.39, 0.29) is 22.6 Å². The molecular formula is C11H13FN2O2S. The first kappa shape index (κ1) is 13.6. The lowest BCUT2D eigenvalue weighted by Crippen LogP contribution is -2.27. The number of hydrogen-bond donors (Lipinski definition) is 1. The van der Waals surface area contributed by atoms with Crippen LogP contribution in [0.5, 0.6) is 0 Å². The fourth-order valence-electron chi connectivity index (χ4n) is 1.51. The van der Waals surface area contributed by atoms with E-state index in [9.17, 15) is 12.8 Å². The van der Waals surface area contributed by atoms with Crippen LogP contribution in [0, 0.1) is 17.1 Å². The Morgan fingerprint density at radius 1 is 1.47 bits per heavy atom. The van der Waals surface area contributed by atoms with Crippen molar-refractivity contribution in [2.75, 3.05) is 5.75 Å². The van der Waals surface area contributed by atoms with Crippen molar-refractivity contribution in [3.8, 4) is 6.07 Å². The van der Waals surface area contributed by atoms with Gasteiger partial charge in [0.05, 0.1) is 23.1 Å². The Bertz CT molecular complexity index is 547. The van der Waals surface area contributed by atoms with E-state index in [4.69, 9.17) is 11.0 Å². The lowest BCUT2D eigenvalue weighted by Gasteiger charge is -2.07. The van der Waals surface area contributed by atoms with Crippen LogP contribution in [0.25, 0.3) is 0 Å². The molecule has 1 atom stereocenters. The molecule has 0 bridgehead atoms. The first-order valence-corrected chi connectivity index (χ1v) is 6.80. The monoisotopic (exact) mass is 256 g/mol. The van der Waals surface area contributed by atoms with Crippen molar-refractivity contribution in [1.29, 1.82) is 5.26 Å². The van der Waals surface area contributed by atoms with Gasteiger partial charge in [0, 0.05) is 6.04 Å². The molecule has 6 heteroatoms. The minimum atomic E-state index is -3.38. The van der Waals surface area contributed by atoms with Crippen LogP contribution in [0.2, 0.25) is 0 Å². The van der Waals surface area contributed by atoms with E-state index >= 15 is 0 Å². The highest BCUT2D eigenvalue weighted by molar-refractivity contribution is 7.90. The van der Waals surface area contributed by atoms with Crippen molar-refractivity contribution < 1.29 is 12.8 Å². The highest BCUT2D eigenvalue weighted by Gasteiger charge is 2.15. The Labute approximate surface area is 99.8 Å². The van der Waals surface area contributed by atoms with Gasteiger partial charge in [0.15, 0.2) is 9.84 Å². The van der Waals surface area contributed by atoms with Crippen LogP contribution in [-0.2, 0) is 15.6 Å². The maximum atomic E-state index is 13.1. The lowest BCUT2D eigenvalue weighted by atomic mass is 10.1. The zero-order valence-corrected chi connectivity index (χ0v) is 10.2. The first-order chi connectivity index (χ1) is 7.82. The molecule has 0 saturated carbocycles. The lowest BCUT2D eigenvalue weighted by molar-refractivity contribution is 0.588. The second kappa shape index (κ2) is 5.25. The fraction of sp³-hybridized carbons (Fsp3) is 0.364. The predicted molar refractivity (Wildman–Crippen MR) is 62.3 cm³/mol. The molecule has 1 rings (SSSR count). The molecule has 1 aromatic carbocycles. The van der Waals surface area contributed by atoms with Gasteiger partial charge in [-0.1, -0.05) is 0 Å². The van der Waals surface area contributed by atoms with E-state index in [1.54, 1.807) is 13.0 Å². The average Bonchev–Trinajstić information content (AvgIpc) is 2.13. The quantitative estimate of drug-likeness (QED) is 0.869. The van der Waals surface area contributed by atoms with Crippen LogP contribution in [0.4, 0.5) is 4.39 Å². The van der Waals surface area contributed by atoms with Crippen molar-refractivity contribution in [1.82, 2.24) is 0 Å². The molecule has 0 aliphatic carbocycles. The fourth-order valence-corrected chi connectivity index (χ4v) is 3.11. The third-order valence-corrected chi connectivity index (χ3v) is 3.80. The summed E-state index contributed by atoms with van der Waals surface area (Å²) in [5.74, 6) is -1.08. The Hall–Kier alpha value is -1.45. The number of nitrogens with zero attached hydrogens (tertiary/aromatic N) is 1. The second-order valence-electron chi connectivity index (χ2n) is 3.99. The maximum Gasteiger partial charge on any atom is 0.155 e. The molecule has 0 aliphatic heterocycles. The normalized spacial score (nSPS) is 13.1. The molecule has 0 saturated heterocycles. The van der Waals surface area contributed by atoms with E-state index in [1.165, 1.54) is 6.07 Å². The smallest absolute Gasteiger partial charge is 0.155 e. The molecule has 0 heterocycles. The number of benzene rings is 1. The Morgan fingerprint density at radius 2 is 2.12 bits per heavy atom. The summed E-state index contributed by atoms with van der Waals surface area (Å²) in [7, 11) is -3.38. The summed E-state index contributed by atoms with van der Waals surface area (Å²) in [5.41, 5.74) is 5.79. The van der Waals surface area contributed by atoms with Gasteiger partial charge in [-0.15, -0.1) is 0 Å². The van der Waals surface area contributed by atoms with Gasteiger partial charge in [0.25, 0.3) is 0 Å². The molecule has 0 aromatic heterocycles. The minimum absolute atomic E-state index is 0.107. The third-order valence-electron chi connectivity index (χ3n) is 1.99. The minimum Gasteiger partial charge on any atom is -0.327 e. The highest BCUT2D eigenvalue weighted by Crippen LogP contribution is 2.12. The molecule has 92 valence electrons. The number of rotatable bonds is 4. The molecule has 1 aromatic rings. The maximum absolute atomic E-state index is 13.1. The summed E-state index contributed by atoms with van der Waals surface area (Å²) in [6.07, 6.45) is 0. The van der Waals surface area contributed by atoms with Gasteiger partial charge in [-0.3, -0.25) is 0 Å². The summed E-state index contributed by atoms with van der Waals surface area (Å²) < 4.78 is 36.4. The summed E-state index contributed by atoms with van der Waals surface area (Å²) in [6, 6.07) is 4.84. The van der Waals surface area contributed by atoms with E-state index in [2.05, 4.69) is 0 Å². The van der Waals surface area contributed by atoms with Crippen molar-refractivity contribution in [3.05, 3.63) is 35.1 Å². The van der Waals surface area contributed by atoms with Gasteiger partial charge in [-0.05, 0) is 30.7 Å². The van der Waals surface area contributed by atoms with Crippen LogP contribution in [-0.4, -0.2) is 20.2 Å². The molecule has 0 aliphatic rings. The SMILES string of the molecule is CC(N)CS(=O)(=O)Cc1cc(F)cc(C#N)c1. The molecule has 1 unspecified atom stereocenters. The topological polar surface area (TPSA) is 84.0 Å². The van der Waals surface area contributed by atoms with Crippen molar-refractivity contribution in [2.24, 2.45) is 5.73 Å². The van der Waals surface area contributed by atoms with Gasteiger partial charge in [-0.2, -0.15) is 5.26 Å². The summed E-state index contributed by atoms with van der Waals surface area (Å²) in [6.45, 7) is 1.59. The summed E-state index contributed by atoms with van der Waals surface area (Å²) in [5, 5.41) is 8.64. The Balaban J connectivity index is 2.96. The highest BCUT2D eigenvalue weighted by atomic mass is 32.2. The van der Waals surface area contributed by atoms with Crippen LogP contribution in [0.1, 0.15) is 18.1 Å². The van der Waals surface area contributed by atoms with Crippen molar-refractivity contribution >= 4 is 9.84 Å². The first-order valence-electron chi connectivity index (χ1n) is 4.98. The second-order valence-corrected chi connectivity index (χ2v) is 6.10. The van der Waals surface area contributed by atoms with Gasteiger partial charge in [0.1, 0.15) is 5.82 Å². The van der Waals surface area contributed by atoms with Crippen LogP contribution < -0.4 is 5.73 Å². The Kier molecular flexibility index (Phi) is 4.21. The third kappa shape index (κ3) is 4.51. The molecule has 17 heavy (non-hydrogen) atoms. The molecule has 2 N–H and O–H groups in total. The van der Waals surface area contributed by atoms with Crippen molar-refractivity contribution in [2.45, 2.75) is 18.7 Å². The molecule has 0 amide bonds. The molecular weight excluding hydrogens is 243 g/mol. The molecule has 0 fully saturated rings. The number of sulfone groups is 1. The van der Waals surface area contributed by atoms with E-state index in [0.29, 0.717) is 0 Å². The summed E-state index contributed by atoms with van der Waals surface area (Å²) in [4.78, 5) is 0. The number of nitrogens with two attached hydrogens (primary N) is 1. The zero-order valence-electron chi connectivity index (χ0n) is 9.35. The van der Waals surface area contributed by atoms with Gasteiger partial charge in [-0.25, -0.2) is 12.8 Å². The van der Waals surface area contributed by atoms with Crippen LogP contribution in [0.15, 0.2) is 18.2 Å². The molecule has 4 nitrogen and oxygen atoms in total. The van der Waals surface area contributed by atoms with Crippen LogP contribution >= 0.6 is 0 Å². The largest absolute Gasteiger partial charge is 0.327 e. The average molecular weight is 256 g/mol. The van der Waals surface area contributed by atoms with E-state index in [1.807, 2.05) is 0 Å².